The predicted octanol–water partition coefficient (Wildman–Crippen LogP) is -3.54. The Hall–Kier alpha value is -0.324. The average Bonchev–Trinajstić information content (AvgIpc) is 2.03. The molecule has 0 saturated heterocycles. The first-order valence-electron chi connectivity index (χ1n) is 2.92. The van der Waals surface area contributed by atoms with Gasteiger partial charge in [-0.05, 0) is 6.07 Å². The molecule has 0 atom stereocenters. The maximum absolute atomic E-state index is 12.7. The minimum atomic E-state index is -1.70. The maximum Gasteiger partial charge on any atom is 1.00 e. The summed E-state index contributed by atoms with van der Waals surface area (Å²) in [6, 6.07) is 2.41. The van der Waals surface area contributed by atoms with E-state index in [2.05, 4.69) is 4.98 Å². The number of carboxylic acids is 1. The third-order valence-electron chi connectivity index (χ3n) is 1.16. The Balaban J connectivity index is 0.00000144. The summed E-state index contributed by atoms with van der Waals surface area (Å²) < 4.78 is 12.7. The quantitative estimate of drug-likeness (QED) is 0.444. The molecule has 0 saturated carbocycles. The van der Waals surface area contributed by atoms with Gasteiger partial charge in [0.15, 0.2) is 5.82 Å². The molecule has 0 N–H and O–H groups in total. The molecule has 0 amide bonds. The van der Waals surface area contributed by atoms with Crippen molar-refractivity contribution in [3.05, 3.63) is 29.3 Å². The van der Waals surface area contributed by atoms with Gasteiger partial charge in [0.2, 0.25) is 0 Å². The second-order valence-electron chi connectivity index (χ2n) is 1.95. The molecule has 0 unspecified atom stereocenters. The Bertz CT molecular complexity index is 375. The van der Waals surface area contributed by atoms with E-state index in [1.54, 1.807) is 6.07 Å². The molecule has 0 fully saturated rings. The van der Waals surface area contributed by atoms with Gasteiger partial charge in [0, 0.05) is 6.20 Å². The van der Waals surface area contributed by atoms with Crippen molar-refractivity contribution >= 4 is 5.97 Å². The van der Waals surface area contributed by atoms with Crippen LogP contribution in [0.4, 0.5) is 4.39 Å². The van der Waals surface area contributed by atoms with E-state index in [1.807, 2.05) is 0 Å². The van der Waals surface area contributed by atoms with E-state index < -0.39 is 17.5 Å². The normalized spacial score (nSPS) is 8.31. The van der Waals surface area contributed by atoms with Gasteiger partial charge in [-0.25, -0.2) is 4.39 Å². The zero-order valence-corrected chi connectivity index (χ0v) is 9.87. The molecule has 0 aliphatic carbocycles. The standard InChI is InChI=1S/C7H3FN2O2.K/c8-5-1-4(2-9)3-10-6(5)7(11)12;/h1,3H,(H,11,12);/q;+1/p-1. The average molecular weight is 204 g/mol. The largest absolute Gasteiger partial charge is 1.00 e. The molecule has 1 aromatic heterocycles. The number of nitriles is 1. The van der Waals surface area contributed by atoms with Crippen LogP contribution in [0.25, 0.3) is 0 Å². The first kappa shape index (κ1) is 12.7. The number of aromatic carboxylic acids is 1. The summed E-state index contributed by atoms with van der Waals surface area (Å²) in [6.07, 6.45) is 0.966. The molecule has 0 bridgehead atoms. The number of nitrogens with zero attached hydrogens (tertiary/aromatic N) is 2. The number of aromatic nitrogens is 1. The van der Waals surface area contributed by atoms with Crippen molar-refractivity contribution < 1.29 is 65.7 Å². The Morgan fingerprint density at radius 3 is 2.69 bits per heavy atom. The second-order valence-corrected chi connectivity index (χ2v) is 1.95. The van der Waals surface area contributed by atoms with Crippen LogP contribution in [0.2, 0.25) is 0 Å². The molecular formula is C7H2FKN2O2. The molecule has 1 aromatic rings. The summed E-state index contributed by atoms with van der Waals surface area (Å²) in [5, 5.41) is 18.4. The van der Waals surface area contributed by atoms with Gasteiger partial charge in [0.05, 0.1) is 11.5 Å². The van der Waals surface area contributed by atoms with Crippen LogP contribution in [-0.4, -0.2) is 11.0 Å². The number of rotatable bonds is 1. The Morgan fingerprint density at radius 2 is 2.31 bits per heavy atom. The molecule has 60 valence electrons. The van der Waals surface area contributed by atoms with E-state index >= 15 is 0 Å². The van der Waals surface area contributed by atoms with Gasteiger partial charge in [-0.15, -0.1) is 0 Å². The number of hydrogen-bond donors (Lipinski definition) is 0. The van der Waals surface area contributed by atoms with Crippen LogP contribution in [0, 0.1) is 17.1 Å². The third-order valence-corrected chi connectivity index (χ3v) is 1.16. The van der Waals surface area contributed by atoms with Gasteiger partial charge < -0.3 is 9.90 Å². The molecule has 0 spiro atoms. The molecular weight excluding hydrogens is 202 g/mol. The minimum absolute atomic E-state index is 0. The van der Waals surface area contributed by atoms with Crippen molar-refractivity contribution in [2.75, 3.05) is 0 Å². The molecule has 1 heterocycles. The van der Waals surface area contributed by atoms with Gasteiger partial charge in [-0.1, -0.05) is 0 Å². The van der Waals surface area contributed by atoms with Gasteiger partial charge in [0.25, 0.3) is 0 Å². The predicted molar refractivity (Wildman–Crippen MR) is 33.2 cm³/mol. The number of carbonyl (C=O) groups excluding carboxylic acids is 1. The van der Waals surface area contributed by atoms with Gasteiger partial charge in [0.1, 0.15) is 11.8 Å². The number of pyridine rings is 1. The Kier molecular flexibility index (Phi) is 5.28. The zero-order valence-electron chi connectivity index (χ0n) is 6.74. The van der Waals surface area contributed by atoms with E-state index in [0.29, 0.717) is 0 Å². The van der Waals surface area contributed by atoms with Crippen molar-refractivity contribution in [3.63, 3.8) is 0 Å². The summed E-state index contributed by atoms with van der Waals surface area (Å²) in [6.45, 7) is 0. The van der Waals surface area contributed by atoms with Crippen LogP contribution in [0.3, 0.4) is 0 Å². The van der Waals surface area contributed by atoms with E-state index in [-0.39, 0.29) is 56.9 Å². The first-order chi connectivity index (χ1) is 5.65. The molecule has 0 aromatic carbocycles. The van der Waals surface area contributed by atoms with E-state index in [9.17, 15) is 14.3 Å². The molecule has 0 aliphatic rings. The number of halogens is 1. The van der Waals surface area contributed by atoms with Crippen molar-refractivity contribution in [3.8, 4) is 6.07 Å². The van der Waals surface area contributed by atoms with Crippen molar-refractivity contribution in [2.24, 2.45) is 0 Å². The van der Waals surface area contributed by atoms with Crippen LogP contribution in [0.1, 0.15) is 16.1 Å². The monoisotopic (exact) mass is 204 g/mol. The van der Waals surface area contributed by atoms with Gasteiger partial charge in [-0.2, -0.15) is 5.26 Å². The van der Waals surface area contributed by atoms with Crippen molar-refractivity contribution in [1.29, 1.82) is 5.26 Å². The fourth-order valence-electron chi connectivity index (χ4n) is 0.649. The van der Waals surface area contributed by atoms with Crippen LogP contribution >= 0.6 is 0 Å². The van der Waals surface area contributed by atoms with E-state index in [0.717, 1.165) is 12.3 Å². The zero-order chi connectivity index (χ0) is 9.14. The first-order valence-corrected chi connectivity index (χ1v) is 2.92. The molecule has 6 heteroatoms. The maximum atomic E-state index is 12.7. The van der Waals surface area contributed by atoms with Crippen LogP contribution in [-0.2, 0) is 0 Å². The van der Waals surface area contributed by atoms with Crippen LogP contribution in [0.15, 0.2) is 12.3 Å². The molecule has 1 rings (SSSR count). The number of hydrogen-bond acceptors (Lipinski definition) is 4. The third kappa shape index (κ3) is 3.13. The molecule has 0 radical (unpaired) electrons. The molecule has 13 heavy (non-hydrogen) atoms. The van der Waals surface area contributed by atoms with Crippen molar-refractivity contribution in [1.82, 2.24) is 4.98 Å². The van der Waals surface area contributed by atoms with Gasteiger partial charge in [-0.3, -0.25) is 4.98 Å². The summed E-state index contributed by atoms with van der Waals surface area (Å²) in [5.41, 5.74) is -0.813. The van der Waals surface area contributed by atoms with Gasteiger partial charge >= 0.3 is 51.4 Å². The summed E-state index contributed by atoms with van der Waals surface area (Å²) in [4.78, 5) is 13.3. The fourth-order valence-corrected chi connectivity index (χ4v) is 0.649. The SMILES string of the molecule is N#Cc1cnc(C(=O)[O-])c(F)c1.[K+]. The fraction of sp³-hybridized carbons (Fsp3) is 0. The molecule has 4 nitrogen and oxygen atoms in total. The summed E-state index contributed by atoms with van der Waals surface area (Å²) in [5.74, 6) is -2.76. The summed E-state index contributed by atoms with van der Waals surface area (Å²) >= 11 is 0. The van der Waals surface area contributed by atoms with Crippen molar-refractivity contribution in [2.45, 2.75) is 0 Å². The number of carboxylic acid groups (broad SMARTS) is 1. The minimum Gasteiger partial charge on any atom is -0.543 e. The number of carbonyl (C=O) groups is 1. The summed E-state index contributed by atoms with van der Waals surface area (Å²) in [7, 11) is 0. The Labute approximate surface area is 116 Å². The van der Waals surface area contributed by atoms with E-state index in [1.165, 1.54) is 0 Å². The van der Waals surface area contributed by atoms with E-state index in [4.69, 9.17) is 5.26 Å². The second kappa shape index (κ2) is 5.42. The molecule has 0 aliphatic heterocycles. The topological polar surface area (TPSA) is 76.8 Å². The van der Waals surface area contributed by atoms with Crippen LogP contribution in [0.5, 0.6) is 0 Å². The Morgan fingerprint density at radius 1 is 1.69 bits per heavy atom. The van der Waals surface area contributed by atoms with Crippen LogP contribution < -0.4 is 56.5 Å². The smallest absolute Gasteiger partial charge is 0.543 e.